The van der Waals surface area contributed by atoms with Crippen LogP contribution in [-0.2, 0) is 0 Å². The number of carboxylic acids is 1. The normalized spacial score (nSPS) is 9.67. The van der Waals surface area contributed by atoms with Gasteiger partial charge in [0.05, 0.1) is 22.4 Å². The van der Waals surface area contributed by atoms with Gasteiger partial charge in [0.2, 0.25) is 0 Å². The van der Waals surface area contributed by atoms with Gasteiger partial charge in [-0.3, -0.25) is 9.47 Å². The van der Waals surface area contributed by atoms with Crippen molar-refractivity contribution in [2.24, 2.45) is 0 Å². The number of carbonyl (C=O) groups is 1. The Balaban J connectivity index is 0.00000200. The third kappa shape index (κ3) is 3.41. The monoisotopic (exact) mass is 314 g/mol. The summed E-state index contributed by atoms with van der Waals surface area (Å²) in [5, 5.41) is 21.8. The van der Waals surface area contributed by atoms with E-state index >= 15 is 0 Å². The second-order valence-electron chi connectivity index (χ2n) is 3.65. The fourth-order valence-corrected chi connectivity index (χ4v) is 1.72. The van der Waals surface area contributed by atoms with Crippen LogP contribution in [0.3, 0.4) is 0 Å². The topological polar surface area (TPSA) is 97.2 Å². The zero-order chi connectivity index (χ0) is 14.3. The molecule has 0 aliphatic rings. The number of carboxylic acid groups (broad SMARTS) is 1. The quantitative estimate of drug-likeness (QED) is 0.556. The van der Waals surface area contributed by atoms with E-state index in [-0.39, 0.29) is 59.1 Å². The van der Waals surface area contributed by atoms with Gasteiger partial charge in [-0.2, -0.15) is 0 Å². The molecule has 0 fully saturated rings. The Hall–Kier alpha value is -0.640. The van der Waals surface area contributed by atoms with E-state index in [1.807, 2.05) is 0 Å². The maximum absolute atomic E-state index is 13.2. The van der Waals surface area contributed by atoms with E-state index in [0.29, 0.717) is 6.07 Å². The first-order valence-corrected chi connectivity index (χ1v) is 5.02. The molecule has 100 valence electrons. The first-order valence-electron chi connectivity index (χ1n) is 5.02. The molecule has 0 aliphatic carbocycles. The number of nitrogens with one attached hydrogen (secondary N) is 1. The average molecular weight is 314 g/mol. The van der Waals surface area contributed by atoms with Crippen LogP contribution in [0.1, 0.15) is 10.4 Å². The van der Waals surface area contributed by atoms with Gasteiger partial charge < -0.3 is 20.4 Å². The Kier molecular flexibility index (Phi) is 7.34. The van der Waals surface area contributed by atoms with Gasteiger partial charge in [0, 0.05) is 13.2 Å². The number of carbonyl (C=O) groups excluding carboxylic acids is 1. The first-order chi connectivity index (χ1) is 8.88. The summed E-state index contributed by atoms with van der Waals surface area (Å²) in [4.78, 5) is 22.5. The van der Waals surface area contributed by atoms with Crippen LogP contribution in [-0.4, -0.2) is 17.7 Å². The summed E-state index contributed by atoms with van der Waals surface area (Å²) in [7, 11) is 1.31. The summed E-state index contributed by atoms with van der Waals surface area (Å²) in [6.45, 7) is 0. The number of halogens is 2. The van der Waals surface area contributed by atoms with Gasteiger partial charge in [-0.15, -0.1) is 0 Å². The van der Waals surface area contributed by atoms with Gasteiger partial charge in [0.25, 0.3) is 0 Å². The molecule has 0 bridgehead atoms. The van der Waals surface area contributed by atoms with Crippen LogP contribution >= 0.6 is 0 Å². The third-order valence-corrected chi connectivity index (χ3v) is 2.60. The zero-order valence-corrected chi connectivity index (χ0v) is 15.5. The van der Waals surface area contributed by atoms with Crippen LogP contribution in [0.15, 0.2) is 17.1 Å². The second-order valence-corrected chi connectivity index (χ2v) is 3.65. The number of aromatic carboxylic acids is 1. The number of aromatic nitrogens is 1. The van der Waals surface area contributed by atoms with Crippen molar-refractivity contribution in [3.63, 3.8) is 0 Å². The van der Waals surface area contributed by atoms with Crippen molar-refractivity contribution in [1.82, 2.24) is 4.68 Å². The molecule has 1 N–H and O–H groups in total. The minimum Gasteiger partial charge on any atom is -0.869 e. The summed E-state index contributed by atoms with van der Waals surface area (Å²) >= 11 is 0. The Labute approximate surface area is 161 Å². The maximum atomic E-state index is 13.2. The van der Waals surface area contributed by atoms with E-state index in [9.17, 15) is 28.6 Å². The molecular formula is C11H6F2N2Na2O4. The van der Waals surface area contributed by atoms with Crippen LogP contribution in [0.5, 0.6) is 5.75 Å². The number of fused-ring (bicyclic) bond motifs is 1. The zero-order valence-electron chi connectivity index (χ0n) is 11.5. The number of hydrogen-bond acceptors (Lipinski definition) is 5. The molecule has 1 heterocycles. The smallest absolute Gasteiger partial charge is 0.869 e. The van der Waals surface area contributed by atoms with Gasteiger partial charge >= 0.3 is 59.1 Å². The van der Waals surface area contributed by atoms with Crippen LogP contribution in [0.25, 0.3) is 10.9 Å². The predicted octanol–water partition coefficient (Wildman–Crippen LogP) is -7.10. The van der Waals surface area contributed by atoms with Crippen LogP contribution < -0.4 is 80.2 Å². The number of rotatable bonds is 2. The molecule has 6 nitrogen and oxygen atoms in total. The van der Waals surface area contributed by atoms with E-state index in [2.05, 4.69) is 5.43 Å². The number of nitrogens with zero attached hydrogens (tertiary/aromatic N) is 1. The Bertz CT molecular complexity index is 764. The minimum absolute atomic E-state index is 0. The summed E-state index contributed by atoms with van der Waals surface area (Å²) in [6.07, 6.45) is 0.777. The summed E-state index contributed by atoms with van der Waals surface area (Å²) in [6, 6.07) is 0.481. The molecule has 2 aromatic rings. The van der Waals surface area contributed by atoms with Crippen molar-refractivity contribution >= 4 is 16.9 Å². The largest absolute Gasteiger partial charge is 1.00 e. The van der Waals surface area contributed by atoms with Crippen LogP contribution in [0, 0.1) is 11.6 Å². The van der Waals surface area contributed by atoms with Crippen LogP contribution in [0.4, 0.5) is 8.78 Å². The molecule has 0 unspecified atom stereocenters. The fraction of sp³-hybridized carbons (Fsp3) is 0.0909. The van der Waals surface area contributed by atoms with Crippen molar-refractivity contribution in [3.8, 4) is 5.75 Å². The van der Waals surface area contributed by atoms with Crippen LogP contribution in [0.2, 0.25) is 0 Å². The standard InChI is InChI=1S/C11H8F2N2O4.2Na/c1-14-15-3-5(11(18)19)9(16)4-2-6(12)7(13)10(17)8(4)15;;/h2-3,14,17H,1H3,(H,18,19);;/q;2*+1/p-2. The summed E-state index contributed by atoms with van der Waals surface area (Å²) in [5.41, 5.74) is 0.0175. The second kappa shape index (κ2) is 7.57. The van der Waals surface area contributed by atoms with E-state index in [0.717, 1.165) is 10.9 Å². The van der Waals surface area contributed by atoms with E-state index < -0.39 is 45.2 Å². The predicted molar refractivity (Wildman–Crippen MR) is 57.2 cm³/mol. The summed E-state index contributed by atoms with van der Waals surface area (Å²) < 4.78 is 27.2. The van der Waals surface area contributed by atoms with Crippen molar-refractivity contribution in [2.45, 2.75) is 0 Å². The molecule has 2 rings (SSSR count). The fourth-order valence-electron chi connectivity index (χ4n) is 1.72. The molecule has 10 heteroatoms. The van der Waals surface area contributed by atoms with Gasteiger partial charge in [0.1, 0.15) is 0 Å². The Morgan fingerprint density at radius 2 is 1.90 bits per heavy atom. The third-order valence-electron chi connectivity index (χ3n) is 2.60. The molecule has 0 aliphatic heterocycles. The van der Waals surface area contributed by atoms with E-state index in [1.54, 1.807) is 0 Å². The average Bonchev–Trinajstić information content (AvgIpc) is 2.37. The number of pyridine rings is 1. The number of benzene rings is 1. The van der Waals surface area contributed by atoms with Crippen molar-refractivity contribution < 1.29 is 82.9 Å². The van der Waals surface area contributed by atoms with Gasteiger partial charge in [-0.05, 0) is 11.8 Å². The molecule has 21 heavy (non-hydrogen) atoms. The van der Waals surface area contributed by atoms with E-state index in [1.165, 1.54) is 7.05 Å². The van der Waals surface area contributed by atoms with Crippen molar-refractivity contribution in [3.05, 3.63) is 39.7 Å². The maximum Gasteiger partial charge on any atom is 1.00 e. The van der Waals surface area contributed by atoms with Crippen molar-refractivity contribution in [1.29, 1.82) is 0 Å². The molecular weight excluding hydrogens is 308 g/mol. The molecule has 0 atom stereocenters. The molecule has 1 aromatic carbocycles. The van der Waals surface area contributed by atoms with E-state index in [4.69, 9.17) is 0 Å². The molecule has 0 saturated carbocycles. The Morgan fingerprint density at radius 3 is 2.38 bits per heavy atom. The van der Waals surface area contributed by atoms with Gasteiger partial charge in [-0.25, -0.2) is 8.78 Å². The van der Waals surface area contributed by atoms with Crippen molar-refractivity contribution in [2.75, 3.05) is 12.5 Å². The van der Waals surface area contributed by atoms with Gasteiger partial charge in [-0.1, -0.05) is 0 Å². The Morgan fingerprint density at radius 1 is 1.33 bits per heavy atom. The molecule has 0 spiro atoms. The van der Waals surface area contributed by atoms with Gasteiger partial charge in [0.15, 0.2) is 17.1 Å². The minimum atomic E-state index is -1.78. The number of hydrogen-bond donors (Lipinski definition) is 1. The summed E-state index contributed by atoms with van der Waals surface area (Å²) in [5.74, 6) is -6.29. The molecule has 0 amide bonds. The molecule has 0 radical (unpaired) electrons. The first kappa shape index (κ1) is 20.4. The molecule has 1 aromatic heterocycles. The SMILES string of the molecule is CNn1cc(C(=O)[O-])c(=O)c2cc(F)c(F)c([O-])c21.[Na+].[Na+]. The molecule has 0 saturated heterocycles.